The monoisotopic (exact) mass is 217 g/mol. The standard InChI is InChI=1S/C10H7N3OS/c11-10-8(5-12-14-10)6-1-2-7-4-13-15-9(7)3-6/h1-5H,11H2. The summed E-state index contributed by atoms with van der Waals surface area (Å²) in [4.78, 5) is 0. The van der Waals surface area contributed by atoms with Crippen LogP contribution in [0.2, 0.25) is 0 Å². The SMILES string of the molecule is Nc1oncc1-c1ccc2cnsc2c1. The molecule has 3 aromatic rings. The summed E-state index contributed by atoms with van der Waals surface area (Å²) in [6.45, 7) is 0. The Balaban J connectivity index is 2.23. The second-order valence-electron chi connectivity index (χ2n) is 3.18. The predicted octanol–water partition coefficient (Wildman–Crippen LogP) is 2.53. The van der Waals surface area contributed by atoms with Crippen LogP contribution in [0.5, 0.6) is 0 Å². The molecular weight excluding hydrogens is 210 g/mol. The van der Waals surface area contributed by atoms with Crippen LogP contribution in [0.15, 0.2) is 35.1 Å². The number of hydrogen-bond donors (Lipinski definition) is 1. The van der Waals surface area contributed by atoms with Crippen molar-refractivity contribution in [1.29, 1.82) is 0 Å². The van der Waals surface area contributed by atoms with Crippen LogP contribution in [0.3, 0.4) is 0 Å². The molecule has 0 radical (unpaired) electrons. The van der Waals surface area contributed by atoms with Crippen molar-refractivity contribution in [1.82, 2.24) is 9.53 Å². The Labute approximate surface area is 89.5 Å². The summed E-state index contributed by atoms with van der Waals surface area (Å²) < 4.78 is 10.1. The Morgan fingerprint density at radius 1 is 1.27 bits per heavy atom. The molecule has 1 aromatic carbocycles. The van der Waals surface area contributed by atoms with Gasteiger partial charge in [-0.3, -0.25) is 0 Å². The normalized spacial score (nSPS) is 10.9. The fraction of sp³-hybridized carbons (Fsp3) is 0. The van der Waals surface area contributed by atoms with Crippen molar-refractivity contribution >= 4 is 27.5 Å². The van der Waals surface area contributed by atoms with Gasteiger partial charge in [0.2, 0.25) is 5.88 Å². The molecule has 0 saturated carbocycles. The van der Waals surface area contributed by atoms with Gasteiger partial charge in [-0.15, -0.1) is 0 Å². The molecule has 0 aliphatic heterocycles. The molecule has 0 amide bonds. The zero-order chi connectivity index (χ0) is 10.3. The van der Waals surface area contributed by atoms with Crippen LogP contribution < -0.4 is 5.73 Å². The number of nitrogens with zero attached hydrogens (tertiary/aromatic N) is 2. The van der Waals surface area contributed by atoms with Crippen molar-refractivity contribution in [3.63, 3.8) is 0 Å². The number of rotatable bonds is 1. The van der Waals surface area contributed by atoms with E-state index in [9.17, 15) is 0 Å². The van der Waals surface area contributed by atoms with E-state index < -0.39 is 0 Å². The van der Waals surface area contributed by atoms with Gasteiger partial charge >= 0.3 is 0 Å². The van der Waals surface area contributed by atoms with Gasteiger partial charge in [0.1, 0.15) is 0 Å². The lowest BCUT2D eigenvalue weighted by Gasteiger charge is -1.97. The van der Waals surface area contributed by atoms with Crippen LogP contribution in [0.4, 0.5) is 5.88 Å². The second kappa shape index (κ2) is 3.06. The quantitative estimate of drug-likeness (QED) is 0.680. The van der Waals surface area contributed by atoms with Crippen LogP contribution in [-0.2, 0) is 0 Å². The average Bonchev–Trinajstić information content (AvgIpc) is 2.84. The van der Waals surface area contributed by atoms with Gasteiger partial charge in [-0.1, -0.05) is 17.3 Å². The van der Waals surface area contributed by atoms with Gasteiger partial charge in [-0.2, -0.15) is 4.37 Å². The minimum Gasteiger partial charge on any atom is -0.367 e. The molecule has 0 aliphatic carbocycles. The molecule has 2 aromatic heterocycles. The fourth-order valence-electron chi connectivity index (χ4n) is 1.49. The maximum Gasteiger partial charge on any atom is 0.229 e. The number of anilines is 1. The van der Waals surface area contributed by atoms with Crippen LogP contribution >= 0.6 is 11.5 Å². The Kier molecular flexibility index (Phi) is 1.72. The van der Waals surface area contributed by atoms with E-state index in [4.69, 9.17) is 10.3 Å². The van der Waals surface area contributed by atoms with Crippen molar-refractivity contribution in [3.05, 3.63) is 30.6 Å². The Morgan fingerprint density at radius 2 is 2.20 bits per heavy atom. The molecule has 0 unspecified atom stereocenters. The van der Waals surface area contributed by atoms with E-state index in [1.807, 2.05) is 24.4 Å². The smallest absolute Gasteiger partial charge is 0.229 e. The summed E-state index contributed by atoms with van der Waals surface area (Å²) in [5.74, 6) is 0.346. The number of benzene rings is 1. The lowest BCUT2D eigenvalue weighted by atomic mass is 10.1. The minimum absolute atomic E-state index is 0.346. The molecule has 5 heteroatoms. The van der Waals surface area contributed by atoms with Crippen LogP contribution in [0.1, 0.15) is 0 Å². The van der Waals surface area contributed by atoms with E-state index in [2.05, 4.69) is 9.53 Å². The van der Waals surface area contributed by atoms with Crippen LogP contribution in [0, 0.1) is 0 Å². The van der Waals surface area contributed by atoms with Gasteiger partial charge in [-0.05, 0) is 23.2 Å². The molecule has 3 rings (SSSR count). The zero-order valence-corrected chi connectivity index (χ0v) is 8.49. The van der Waals surface area contributed by atoms with E-state index in [1.54, 1.807) is 6.20 Å². The zero-order valence-electron chi connectivity index (χ0n) is 7.68. The molecule has 0 aliphatic rings. The summed E-state index contributed by atoms with van der Waals surface area (Å²) in [5.41, 5.74) is 7.48. The van der Waals surface area contributed by atoms with Gasteiger partial charge in [0.15, 0.2) is 0 Å². The van der Waals surface area contributed by atoms with E-state index in [1.165, 1.54) is 11.5 Å². The van der Waals surface area contributed by atoms with Crippen LogP contribution in [0.25, 0.3) is 21.2 Å². The first-order valence-electron chi connectivity index (χ1n) is 4.39. The highest BCUT2D eigenvalue weighted by atomic mass is 32.1. The molecule has 74 valence electrons. The molecule has 0 bridgehead atoms. The topological polar surface area (TPSA) is 64.9 Å². The molecule has 0 fully saturated rings. The molecule has 2 N–H and O–H groups in total. The third-order valence-electron chi connectivity index (χ3n) is 2.27. The highest BCUT2D eigenvalue weighted by Gasteiger charge is 2.07. The predicted molar refractivity (Wildman–Crippen MR) is 59.5 cm³/mol. The van der Waals surface area contributed by atoms with Gasteiger partial charge in [0, 0.05) is 11.6 Å². The highest BCUT2D eigenvalue weighted by Crippen LogP contribution is 2.29. The van der Waals surface area contributed by atoms with Crippen molar-refractivity contribution in [2.75, 3.05) is 5.73 Å². The van der Waals surface area contributed by atoms with Gasteiger partial charge in [-0.25, -0.2) is 0 Å². The summed E-state index contributed by atoms with van der Waals surface area (Å²) in [6.07, 6.45) is 3.47. The van der Waals surface area contributed by atoms with E-state index >= 15 is 0 Å². The highest BCUT2D eigenvalue weighted by molar-refractivity contribution is 7.13. The first-order chi connectivity index (χ1) is 7.34. The number of fused-ring (bicyclic) bond motifs is 1. The molecule has 0 spiro atoms. The number of nitrogen functional groups attached to an aromatic ring is 1. The Morgan fingerprint density at radius 3 is 3.00 bits per heavy atom. The third kappa shape index (κ3) is 1.28. The van der Waals surface area contributed by atoms with Crippen molar-refractivity contribution in [2.45, 2.75) is 0 Å². The van der Waals surface area contributed by atoms with Crippen molar-refractivity contribution in [2.24, 2.45) is 0 Å². The Hall–Kier alpha value is -1.88. The number of hydrogen-bond acceptors (Lipinski definition) is 5. The van der Waals surface area contributed by atoms with Gasteiger partial charge in [0.05, 0.1) is 16.5 Å². The number of aromatic nitrogens is 2. The first-order valence-corrected chi connectivity index (χ1v) is 5.17. The fourth-order valence-corrected chi connectivity index (χ4v) is 2.18. The summed E-state index contributed by atoms with van der Waals surface area (Å²) >= 11 is 1.46. The molecule has 0 saturated heterocycles. The summed E-state index contributed by atoms with van der Waals surface area (Å²) in [5, 5.41) is 4.79. The minimum atomic E-state index is 0.346. The van der Waals surface area contributed by atoms with Gasteiger partial charge in [0.25, 0.3) is 0 Å². The first kappa shape index (κ1) is 8.43. The molecule has 15 heavy (non-hydrogen) atoms. The van der Waals surface area contributed by atoms with Gasteiger partial charge < -0.3 is 10.3 Å². The lowest BCUT2D eigenvalue weighted by Crippen LogP contribution is -1.83. The van der Waals surface area contributed by atoms with E-state index in [0.29, 0.717) is 5.88 Å². The van der Waals surface area contributed by atoms with E-state index in [-0.39, 0.29) is 0 Å². The second-order valence-corrected chi connectivity index (χ2v) is 4.02. The Bertz CT molecular complexity index is 614. The molecule has 4 nitrogen and oxygen atoms in total. The average molecular weight is 217 g/mol. The van der Waals surface area contributed by atoms with E-state index in [0.717, 1.165) is 21.2 Å². The summed E-state index contributed by atoms with van der Waals surface area (Å²) in [7, 11) is 0. The summed E-state index contributed by atoms with van der Waals surface area (Å²) in [6, 6.07) is 6.04. The maximum atomic E-state index is 5.65. The largest absolute Gasteiger partial charge is 0.367 e. The molecular formula is C10H7N3OS. The van der Waals surface area contributed by atoms with Crippen molar-refractivity contribution in [3.8, 4) is 11.1 Å². The molecule has 0 atom stereocenters. The lowest BCUT2D eigenvalue weighted by molar-refractivity contribution is 0.436. The molecule has 2 heterocycles. The van der Waals surface area contributed by atoms with Crippen LogP contribution in [-0.4, -0.2) is 9.53 Å². The third-order valence-corrected chi connectivity index (χ3v) is 3.03. The van der Waals surface area contributed by atoms with Crippen molar-refractivity contribution < 1.29 is 4.52 Å². The number of nitrogens with two attached hydrogens (primary N) is 1. The maximum absolute atomic E-state index is 5.65.